The summed E-state index contributed by atoms with van der Waals surface area (Å²) in [4.78, 5) is 3.33. The Hall–Kier alpha value is -2.02. The molecular formula is C17H23N. The average Bonchev–Trinajstić information content (AvgIpc) is 2.81. The summed E-state index contributed by atoms with van der Waals surface area (Å²) in [5, 5.41) is 2.22. The first-order valence-corrected chi connectivity index (χ1v) is 6.20. The first-order chi connectivity index (χ1) is 8.76. The molecule has 1 aromatic rings. The third-order valence-corrected chi connectivity index (χ3v) is 2.29. The normalized spacial score (nSPS) is 12.7. The molecule has 0 spiro atoms. The van der Waals surface area contributed by atoms with Crippen molar-refractivity contribution < 1.29 is 0 Å². The summed E-state index contributed by atoms with van der Waals surface area (Å²) in [6.07, 6.45) is 11.3. The lowest BCUT2D eigenvalue weighted by molar-refractivity contribution is 1.28. The molecule has 18 heavy (non-hydrogen) atoms. The van der Waals surface area contributed by atoms with Crippen LogP contribution in [0.3, 0.4) is 0 Å². The molecule has 0 bridgehead atoms. The van der Waals surface area contributed by atoms with E-state index in [-0.39, 0.29) is 0 Å². The SMILES string of the molecule is C=C/C=c1/cc(/C(C=C)=C/C=C)[nH]/c1=C/C.CC. The molecule has 0 aliphatic rings. The third kappa shape index (κ3) is 4.10. The van der Waals surface area contributed by atoms with Gasteiger partial charge in [-0.25, -0.2) is 0 Å². The van der Waals surface area contributed by atoms with Crippen molar-refractivity contribution in [2.24, 2.45) is 0 Å². The average molecular weight is 241 g/mol. The Kier molecular flexibility index (Phi) is 8.04. The molecule has 0 aromatic carbocycles. The van der Waals surface area contributed by atoms with Gasteiger partial charge in [-0.3, -0.25) is 0 Å². The summed E-state index contributed by atoms with van der Waals surface area (Å²) in [5.41, 5.74) is 2.07. The minimum absolute atomic E-state index is 1.03. The van der Waals surface area contributed by atoms with Crippen LogP contribution in [0.1, 0.15) is 26.5 Å². The largest absolute Gasteiger partial charge is 0.355 e. The van der Waals surface area contributed by atoms with E-state index >= 15 is 0 Å². The van der Waals surface area contributed by atoms with Crippen LogP contribution in [0.4, 0.5) is 0 Å². The van der Waals surface area contributed by atoms with Gasteiger partial charge in [0.2, 0.25) is 0 Å². The van der Waals surface area contributed by atoms with Gasteiger partial charge in [0.1, 0.15) is 0 Å². The third-order valence-electron chi connectivity index (χ3n) is 2.29. The highest BCUT2D eigenvalue weighted by molar-refractivity contribution is 5.72. The van der Waals surface area contributed by atoms with Crippen LogP contribution in [0.5, 0.6) is 0 Å². The lowest BCUT2D eigenvalue weighted by atomic mass is 10.1. The Morgan fingerprint density at radius 1 is 1.17 bits per heavy atom. The second-order valence-corrected chi connectivity index (χ2v) is 3.30. The van der Waals surface area contributed by atoms with Crippen LogP contribution in [0.15, 0.2) is 50.1 Å². The lowest BCUT2D eigenvalue weighted by Gasteiger charge is -1.95. The zero-order valence-corrected chi connectivity index (χ0v) is 11.7. The molecule has 0 aliphatic carbocycles. The first-order valence-electron chi connectivity index (χ1n) is 6.20. The van der Waals surface area contributed by atoms with E-state index in [0.717, 1.165) is 21.8 Å². The van der Waals surface area contributed by atoms with Crippen molar-refractivity contribution in [3.05, 3.63) is 66.4 Å². The van der Waals surface area contributed by atoms with E-state index in [1.165, 1.54) is 0 Å². The smallest absolute Gasteiger partial charge is 0.0464 e. The Morgan fingerprint density at radius 3 is 2.28 bits per heavy atom. The second kappa shape index (κ2) is 9.06. The van der Waals surface area contributed by atoms with Crippen LogP contribution < -0.4 is 10.6 Å². The summed E-state index contributed by atoms with van der Waals surface area (Å²) < 4.78 is 0. The van der Waals surface area contributed by atoms with Crippen LogP contribution in [0.2, 0.25) is 0 Å². The fraction of sp³-hybridized carbons (Fsp3) is 0.176. The number of aromatic amines is 1. The number of hydrogen-bond acceptors (Lipinski definition) is 0. The van der Waals surface area contributed by atoms with Crippen LogP contribution in [-0.2, 0) is 0 Å². The number of nitrogens with one attached hydrogen (secondary N) is 1. The highest BCUT2D eigenvalue weighted by atomic mass is 14.7. The molecular weight excluding hydrogens is 218 g/mol. The van der Waals surface area contributed by atoms with Crippen molar-refractivity contribution >= 4 is 17.7 Å². The summed E-state index contributed by atoms with van der Waals surface area (Å²) >= 11 is 0. The molecule has 1 heterocycles. The first kappa shape index (κ1) is 16.0. The molecule has 0 aliphatic heterocycles. The summed E-state index contributed by atoms with van der Waals surface area (Å²) in [5.74, 6) is 0. The van der Waals surface area contributed by atoms with Crippen LogP contribution in [0, 0.1) is 0 Å². The predicted octanol–water partition coefficient (Wildman–Crippen LogP) is 3.56. The van der Waals surface area contributed by atoms with E-state index in [0.29, 0.717) is 0 Å². The fourth-order valence-electron chi connectivity index (χ4n) is 1.54. The zero-order chi connectivity index (χ0) is 14.0. The van der Waals surface area contributed by atoms with Crippen LogP contribution in [0.25, 0.3) is 17.7 Å². The Bertz CT molecular complexity index is 539. The summed E-state index contributed by atoms with van der Waals surface area (Å²) in [6, 6.07) is 2.08. The van der Waals surface area contributed by atoms with Gasteiger partial charge in [-0.05, 0) is 23.8 Å². The van der Waals surface area contributed by atoms with Gasteiger partial charge in [0.25, 0.3) is 0 Å². The molecule has 0 radical (unpaired) electrons. The van der Waals surface area contributed by atoms with E-state index in [2.05, 4.69) is 30.8 Å². The van der Waals surface area contributed by atoms with Gasteiger partial charge in [-0.2, -0.15) is 0 Å². The molecule has 0 saturated heterocycles. The van der Waals surface area contributed by atoms with Crippen LogP contribution in [-0.4, -0.2) is 4.98 Å². The Labute approximate surface area is 110 Å². The Balaban J connectivity index is 0.00000137. The molecule has 0 atom stereocenters. The predicted molar refractivity (Wildman–Crippen MR) is 84.6 cm³/mol. The monoisotopic (exact) mass is 241 g/mol. The lowest BCUT2D eigenvalue weighted by Crippen LogP contribution is -2.20. The minimum Gasteiger partial charge on any atom is -0.355 e. The number of hydrogen-bond donors (Lipinski definition) is 1. The molecule has 0 unspecified atom stereocenters. The van der Waals surface area contributed by atoms with Crippen molar-refractivity contribution in [1.29, 1.82) is 0 Å². The van der Waals surface area contributed by atoms with E-state index in [9.17, 15) is 0 Å². The summed E-state index contributed by atoms with van der Waals surface area (Å²) in [6.45, 7) is 17.2. The van der Waals surface area contributed by atoms with Gasteiger partial charge in [-0.15, -0.1) is 0 Å². The molecule has 0 saturated carbocycles. The van der Waals surface area contributed by atoms with Crippen molar-refractivity contribution in [2.45, 2.75) is 20.8 Å². The zero-order valence-electron chi connectivity index (χ0n) is 11.7. The van der Waals surface area contributed by atoms with E-state index < -0.39 is 0 Å². The molecule has 1 heteroatoms. The molecule has 1 nitrogen and oxygen atoms in total. The topological polar surface area (TPSA) is 15.8 Å². The van der Waals surface area contributed by atoms with Gasteiger partial charge in [0.05, 0.1) is 0 Å². The standard InChI is InChI=1S/C15H17N.C2H6/c1-5-9-12(7-3)15-11-13(10-6-2)14(8-4)16-15;1-2/h5-11,16H,1-3H2,4H3;1-2H3/b12-9+,13-10-,14-8+;. The molecule has 0 fully saturated rings. The maximum atomic E-state index is 3.79. The van der Waals surface area contributed by atoms with E-state index in [1.807, 2.05) is 45.1 Å². The van der Waals surface area contributed by atoms with E-state index in [4.69, 9.17) is 0 Å². The van der Waals surface area contributed by atoms with Gasteiger partial charge in [0.15, 0.2) is 0 Å². The second-order valence-electron chi connectivity index (χ2n) is 3.30. The summed E-state index contributed by atoms with van der Waals surface area (Å²) in [7, 11) is 0. The highest BCUT2D eigenvalue weighted by Crippen LogP contribution is 2.09. The number of allylic oxidation sites excluding steroid dienone is 5. The van der Waals surface area contributed by atoms with Gasteiger partial charge in [-0.1, -0.05) is 70.0 Å². The number of H-pyrrole nitrogens is 1. The molecule has 96 valence electrons. The number of rotatable bonds is 4. The fourth-order valence-corrected chi connectivity index (χ4v) is 1.54. The molecule has 0 amide bonds. The molecule has 1 N–H and O–H groups in total. The maximum Gasteiger partial charge on any atom is 0.0464 e. The van der Waals surface area contributed by atoms with Crippen molar-refractivity contribution in [1.82, 2.24) is 4.98 Å². The number of aromatic nitrogens is 1. The van der Waals surface area contributed by atoms with E-state index in [1.54, 1.807) is 12.2 Å². The molecule has 1 rings (SSSR count). The van der Waals surface area contributed by atoms with Gasteiger partial charge >= 0.3 is 0 Å². The molecule has 1 aromatic heterocycles. The highest BCUT2D eigenvalue weighted by Gasteiger charge is 1.98. The quantitative estimate of drug-likeness (QED) is 0.776. The minimum atomic E-state index is 1.03. The van der Waals surface area contributed by atoms with Crippen molar-refractivity contribution in [2.75, 3.05) is 0 Å². The van der Waals surface area contributed by atoms with Crippen molar-refractivity contribution in [3.63, 3.8) is 0 Å². The van der Waals surface area contributed by atoms with Gasteiger partial charge in [0, 0.05) is 11.0 Å². The maximum absolute atomic E-state index is 3.79. The van der Waals surface area contributed by atoms with Crippen LogP contribution >= 0.6 is 0 Å². The van der Waals surface area contributed by atoms with Crippen molar-refractivity contribution in [3.8, 4) is 0 Å². The van der Waals surface area contributed by atoms with Gasteiger partial charge < -0.3 is 4.98 Å². The Morgan fingerprint density at radius 2 is 1.83 bits per heavy atom.